The van der Waals surface area contributed by atoms with Crippen LogP contribution in [0.1, 0.15) is 36.8 Å². The maximum atomic E-state index is 13.0. The Morgan fingerprint density at radius 2 is 1.90 bits per heavy atom. The predicted octanol–water partition coefficient (Wildman–Crippen LogP) is 2.20. The van der Waals surface area contributed by atoms with Gasteiger partial charge in [-0.05, 0) is 43.9 Å². The van der Waals surface area contributed by atoms with Gasteiger partial charge in [-0.3, -0.25) is 0 Å². The molecule has 1 aliphatic carbocycles. The Labute approximate surface area is 122 Å². The molecule has 0 atom stereocenters. The molecule has 1 saturated carbocycles. The summed E-state index contributed by atoms with van der Waals surface area (Å²) in [5.41, 5.74) is 7.40. The first-order chi connectivity index (χ1) is 9.46. The first kappa shape index (κ1) is 15.5. The molecule has 1 aliphatic rings. The first-order valence-electron chi connectivity index (χ1n) is 7.26. The SMILES string of the molecule is Cc1ccc(C)c(S(=O)(=O)N(CCN)C2CCCC2)c1. The van der Waals surface area contributed by atoms with Crippen molar-refractivity contribution >= 4 is 10.0 Å². The van der Waals surface area contributed by atoms with Crippen LogP contribution in [0.3, 0.4) is 0 Å². The molecule has 0 aromatic heterocycles. The molecule has 1 fully saturated rings. The number of benzene rings is 1. The van der Waals surface area contributed by atoms with Crippen molar-refractivity contribution in [1.82, 2.24) is 4.31 Å². The van der Waals surface area contributed by atoms with Gasteiger partial charge in [0.05, 0.1) is 4.90 Å². The predicted molar refractivity (Wildman–Crippen MR) is 81.1 cm³/mol. The van der Waals surface area contributed by atoms with Gasteiger partial charge in [0.2, 0.25) is 10.0 Å². The fourth-order valence-corrected chi connectivity index (χ4v) is 4.94. The van der Waals surface area contributed by atoms with Gasteiger partial charge < -0.3 is 5.73 Å². The third kappa shape index (κ3) is 3.05. The molecule has 20 heavy (non-hydrogen) atoms. The van der Waals surface area contributed by atoms with E-state index in [4.69, 9.17) is 5.73 Å². The third-order valence-electron chi connectivity index (χ3n) is 4.01. The molecule has 1 aromatic carbocycles. The van der Waals surface area contributed by atoms with Crippen LogP contribution in [0.4, 0.5) is 0 Å². The average Bonchev–Trinajstić information content (AvgIpc) is 2.92. The molecule has 5 heteroatoms. The zero-order valence-corrected chi connectivity index (χ0v) is 13.1. The van der Waals surface area contributed by atoms with Gasteiger partial charge in [0, 0.05) is 19.1 Å². The highest BCUT2D eigenvalue weighted by atomic mass is 32.2. The van der Waals surface area contributed by atoms with E-state index < -0.39 is 10.0 Å². The second-order valence-corrected chi connectivity index (χ2v) is 7.47. The van der Waals surface area contributed by atoms with Gasteiger partial charge in [0.25, 0.3) is 0 Å². The van der Waals surface area contributed by atoms with Crippen molar-refractivity contribution in [3.05, 3.63) is 29.3 Å². The molecule has 2 rings (SSSR count). The van der Waals surface area contributed by atoms with Gasteiger partial charge in [-0.1, -0.05) is 25.0 Å². The summed E-state index contributed by atoms with van der Waals surface area (Å²) >= 11 is 0. The number of nitrogens with zero attached hydrogens (tertiary/aromatic N) is 1. The van der Waals surface area contributed by atoms with Crippen LogP contribution in [0, 0.1) is 13.8 Å². The fraction of sp³-hybridized carbons (Fsp3) is 0.600. The van der Waals surface area contributed by atoms with Gasteiger partial charge in [0.15, 0.2) is 0 Å². The molecule has 0 aliphatic heterocycles. The molecular weight excluding hydrogens is 272 g/mol. The van der Waals surface area contributed by atoms with Crippen molar-refractivity contribution < 1.29 is 8.42 Å². The van der Waals surface area contributed by atoms with Crippen molar-refractivity contribution in [2.75, 3.05) is 13.1 Å². The minimum absolute atomic E-state index is 0.114. The molecule has 112 valence electrons. The summed E-state index contributed by atoms with van der Waals surface area (Å²) in [7, 11) is -3.45. The molecule has 0 radical (unpaired) electrons. The van der Waals surface area contributed by atoms with Crippen molar-refractivity contribution in [2.45, 2.75) is 50.5 Å². The van der Waals surface area contributed by atoms with E-state index in [9.17, 15) is 8.42 Å². The lowest BCUT2D eigenvalue weighted by molar-refractivity contribution is 0.328. The largest absolute Gasteiger partial charge is 0.329 e. The molecule has 0 bridgehead atoms. The van der Waals surface area contributed by atoms with Crippen LogP contribution < -0.4 is 5.73 Å². The smallest absolute Gasteiger partial charge is 0.243 e. The summed E-state index contributed by atoms with van der Waals surface area (Å²) < 4.78 is 27.5. The van der Waals surface area contributed by atoms with Gasteiger partial charge in [0.1, 0.15) is 0 Å². The highest BCUT2D eigenvalue weighted by Gasteiger charge is 2.33. The molecule has 0 saturated heterocycles. The molecule has 0 heterocycles. The van der Waals surface area contributed by atoms with Gasteiger partial charge >= 0.3 is 0 Å². The lowest BCUT2D eigenvalue weighted by Crippen LogP contribution is -2.42. The van der Waals surface area contributed by atoms with Gasteiger partial charge in [-0.25, -0.2) is 8.42 Å². The van der Waals surface area contributed by atoms with Crippen LogP contribution in [-0.4, -0.2) is 31.9 Å². The molecule has 0 spiro atoms. The van der Waals surface area contributed by atoms with Crippen LogP contribution in [-0.2, 0) is 10.0 Å². The Morgan fingerprint density at radius 1 is 1.25 bits per heavy atom. The Kier molecular flexibility index (Phi) is 4.83. The lowest BCUT2D eigenvalue weighted by Gasteiger charge is -2.28. The van der Waals surface area contributed by atoms with E-state index in [1.807, 2.05) is 26.0 Å². The molecular formula is C15H24N2O2S. The lowest BCUT2D eigenvalue weighted by atomic mass is 10.2. The number of hydrogen-bond donors (Lipinski definition) is 1. The van der Waals surface area contributed by atoms with Gasteiger partial charge in [-0.15, -0.1) is 0 Å². The Hall–Kier alpha value is -0.910. The quantitative estimate of drug-likeness (QED) is 0.906. The second kappa shape index (κ2) is 6.24. The van der Waals surface area contributed by atoms with E-state index in [1.54, 1.807) is 10.4 Å². The maximum Gasteiger partial charge on any atom is 0.243 e. The highest BCUT2D eigenvalue weighted by molar-refractivity contribution is 7.89. The van der Waals surface area contributed by atoms with E-state index >= 15 is 0 Å². The zero-order chi connectivity index (χ0) is 14.8. The number of aryl methyl sites for hydroxylation is 2. The number of rotatable bonds is 5. The van der Waals surface area contributed by atoms with Crippen molar-refractivity contribution in [3.63, 3.8) is 0 Å². The molecule has 4 nitrogen and oxygen atoms in total. The number of hydrogen-bond acceptors (Lipinski definition) is 3. The monoisotopic (exact) mass is 296 g/mol. The summed E-state index contributed by atoms with van der Waals surface area (Å²) in [6.45, 7) is 4.53. The number of nitrogens with two attached hydrogens (primary N) is 1. The first-order valence-corrected chi connectivity index (χ1v) is 8.70. The third-order valence-corrected chi connectivity index (χ3v) is 6.11. The minimum atomic E-state index is -3.45. The molecule has 0 unspecified atom stereocenters. The normalized spacial score (nSPS) is 17.0. The Bertz CT molecular complexity index is 563. The van der Waals surface area contributed by atoms with Crippen molar-refractivity contribution in [1.29, 1.82) is 0 Å². The molecule has 1 aromatic rings. The van der Waals surface area contributed by atoms with E-state index in [0.717, 1.165) is 36.8 Å². The van der Waals surface area contributed by atoms with Crippen LogP contribution in [0.25, 0.3) is 0 Å². The highest BCUT2D eigenvalue weighted by Crippen LogP contribution is 2.29. The summed E-state index contributed by atoms with van der Waals surface area (Å²) in [6, 6.07) is 5.70. The van der Waals surface area contributed by atoms with Crippen molar-refractivity contribution in [3.8, 4) is 0 Å². The van der Waals surface area contributed by atoms with E-state index in [1.165, 1.54) is 0 Å². The fourth-order valence-electron chi connectivity index (χ4n) is 2.93. The summed E-state index contributed by atoms with van der Waals surface area (Å²) in [5, 5.41) is 0. The van der Waals surface area contributed by atoms with Crippen LogP contribution >= 0.6 is 0 Å². The van der Waals surface area contributed by atoms with E-state index in [2.05, 4.69) is 0 Å². The molecule has 0 amide bonds. The van der Waals surface area contributed by atoms with Crippen LogP contribution in [0.2, 0.25) is 0 Å². The van der Waals surface area contributed by atoms with Gasteiger partial charge in [-0.2, -0.15) is 4.31 Å². The van der Waals surface area contributed by atoms with E-state index in [-0.39, 0.29) is 6.04 Å². The summed E-state index contributed by atoms with van der Waals surface area (Å²) in [5.74, 6) is 0. The van der Waals surface area contributed by atoms with Crippen molar-refractivity contribution in [2.24, 2.45) is 5.73 Å². The van der Waals surface area contributed by atoms with Crippen LogP contribution in [0.15, 0.2) is 23.1 Å². The summed E-state index contributed by atoms with van der Waals surface area (Å²) in [6.07, 6.45) is 4.11. The maximum absolute atomic E-state index is 13.0. The number of sulfonamides is 1. The summed E-state index contributed by atoms with van der Waals surface area (Å²) in [4.78, 5) is 0.429. The Balaban J connectivity index is 2.41. The minimum Gasteiger partial charge on any atom is -0.329 e. The van der Waals surface area contributed by atoms with Crippen LogP contribution in [0.5, 0.6) is 0 Å². The average molecular weight is 296 g/mol. The van der Waals surface area contributed by atoms with E-state index in [0.29, 0.717) is 18.0 Å². The Morgan fingerprint density at radius 3 is 2.50 bits per heavy atom. The second-order valence-electron chi connectivity index (χ2n) is 5.61. The zero-order valence-electron chi connectivity index (χ0n) is 12.3. The standard InChI is InChI=1S/C15H24N2O2S/c1-12-7-8-13(2)15(11-12)20(18,19)17(10-9-16)14-5-3-4-6-14/h7-8,11,14H,3-6,9-10,16H2,1-2H3. The topological polar surface area (TPSA) is 63.4 Å². The molecule has 2 N–H and O–H groups in total.